The summed E-state index contributed by atoms with van der Waals surface area (Å²) in [6.07, 6.45) is 5.15. The number of benzene rings is 1. The van der Waals surface area contributed by atoms with E-state index in [0.717, 1.165) is 17.2 Å². The number of aliphatic hydroxyl groups excluding tert-OH is 1. The molecule has 0 radical (unpaired) electrons. The summed E-state index contributed by atoms with van der Waals surface area (Å²) in [5, 5.41) is 12.8. The molecule has 0 atom stereocenters. The van der Waals surface area contributed by atoms with Gasteiger partial charge in [-0.25, -0.2) is 0 Å². The first-order valence-electron chi connectivity index (χ1n) is 7.45. The summed E-state index contributed by atoms with van der Waals surface area (Å²) >= 11 is 0. The molecule has 1 fully saturated rings. The Bertz CT molecular complexity index is 400. The maximum absolute atomic E-state index is 9.16. The van der Waals surface area contributed by atoms with Gasteiger partial charge in [0.2, 0.25) is 0 Å². The summed E-state index contributed by atoms with van der Waals surface area (Å²) < 4.78 is 0. The van der Waals surface area contributed by atoms with Gasteiger partial charge in [-0.05, 0) is 54.7 Å². The van der Waals surface area contributed by atoms with E-state index < -0.39 is 0 Å². The molecule has 19 heavy (non-hydrogen) atoms. The van der Waals surface area contributed by atoms with Crippen LogP contribution < -0.4 is 5.32 Å². The van der Waals surface area contributed by atoms with Crippen molar-refractivity contribution in [2.75, 3.05) is 5.32 Å². The number of hydrogen-bond donors (Lipinski definition) is 2. The fraction of sp³-hybridized carbons (Fsp3) is 0.647. The predicted molar refractivity (Wildman–Crippen MR) is 81.2 cm³/mol. The maximum atomic E-state index is 9.16. The van der Waals surface area contributed by atoms with Crippen LogP contribution in [-0.2, 0) is 6.61 Å². The first-order chi connectivity index (χ1) is 8.99. The van der Waals surface area contributed by atoms with E-state index in [-0.39, 0.29) is 6.61 Å². The molecule has 0 aromatic heterocycles. The van der Waals surface area contributed by atoms with Crippen molar-refractivity contribution in [3.05, 3.63) is 29.8 Å². The highest BCUT2D eigenvalue weighted by molar-refractivity contribution is 5.46. The molecule has 1 aliphatic carbocycles. The van der Waals surface area contributed by atoms with Gasteiger partial charge in [0.15, 0.2) is 0 Å². The number of aliphatic hydroxyl groups is 1. The van der Waals surface area contributed by atoms with E-state index in [1.165, 1.54) is 25.7 Å². The molecule has 0 saturated heterocycles. The van der Waals surface area contributed by atoms with E-state index in [9.17, 15) is 0 Å². The third-order valence-corrected chi connectivity index (χ3v) is 4.43. The van der Waals surface area contributed by atoms with Gasteiger partial charge >= 0.3 is 0 Å². The van der Waals surface area contributed by atoms with Crippen LogP contribution in [-0.4, -0.2) is 11.1 Å². The Balaban J connectivity index is 1.88. The lowest BCUT2D eigenvalue weighted by Gasteiger charge is -2.37. The Morgan fingerprint density at radius 2 is 1.84 bits per heavy atom. The monoisotopic (exact) mass is 261 g/mol. The molecule has 0 aliphatic heterocycles. The molecule has 2 rings (SSSR count). The average molecular weight is 261 g/mol. The van der Waals surface area contributed by atoms with Gasteiger partial charge < -0.3 is 10.4 Å². The average Bonchev–Trinajstić information content (AvgIpc) is 2.38. The van der Waals surface area contributed by atoms with Crippen molar-refractivity contribution in [2.45, 2.75) is 59.1 Å². The second-order valence-electron chi connectivity index (χ2n) is 6.92. The van der Waals surface area contributed by atoms with Crippen molar-refractivity contribution in [1.29, 1.82) is 0 Å². The highest BCUT2D eigenvalue weighted by atomic mass is 16.3. The maximum Gasteiger partial charge on any atom is 0.0682 e. The summed E-state index contributed by atoms with van der Waals surface area (Å²) in [5.74, 6) is 0.856. The summed E-state index contributed by atoms with van der Waals surface area (Å²) in [6, 6.07) is 8.70. The van der Waals surface area contributed by atoms with Gasteiger partial charge in [-0.3, -0.25) is 0 Å². The smallest absolute Gasteiger partial charge is 0.0682 e. The number of nitrogens with one attached hydrogen (secondary N) is 1. The molecule has 1 aromatic rings. The topological polar surface area (TPSA) is 32.3 Å². The molecule has 2 heteroatoms. The lowest BCUT2D eigenvalue weighted by molar-refractivity contribution is 0.173. The van der Waals surface area contributed by atoms with Gasteiger partial charge in [0.1, 0.15) is 0 Å². The van der Waals surface area contributed by atoms with Gasteiger partial charge in [0.25, 0.3) is 0 Å². The predicted octanol–water partition coefficient (Wildman–Crippen LogP) is 4.20. The first-order valence-corrected chi connectivity index (χ1v) is 7.45. The standard InChI is InChI=1S/C17H27NO/c1-17(2,3)14-7-9-15(10-8-14)18-16-6-4-5-13(11-16)12-19/h4-6,11,14-15,18-19H,7-10,12H2,1-3H3. The summed E-state index contributed by atoms with van der Waals surface area (Å²) in [5.41, 5.74) is 2.57. The van der Waals surface area contributed by atoms with Crippen LogP contribution >= 0.6 is 0 Å². The second kappa shape index (κ2) is 5.96. The number of rotatable bonds is 3. The van der Waals surface area contributed by atoms with Crippen LogP contribution in [0.2, 0.25) is 0 Å². The molecule has 0 spiro atoms. The van der Waals surface area contributed by atoms with E-state index in [4.69, 9.17) is 5.11 Å². The molecule has 1 aliphatic rings. The molecule has 0 amide bonds. The molecule has 0 bridgehead atoms. The first kappa shape index (κ1) is 14.4. The van der Waals surface area contributed by atoms with E-state index in [0.29, 0.717) is 11.5 Å². The zero-order valence-electron chi connectivity index (χ0n) is 12.4. The molecule has 1 saturated carbocycles. The van der Waals surface area contributed by atoms with Crippen LogP contribution in [0.5, 0.6) is 0 Å². The van der Waals surface area contributed by atoms with Crippen LogP contribution in [0, 0.1) is 11.3 Å². The Labute approximate surface area is 117 Å². The molecule has 0 heterocycles. The second-order valence-corrected chi connectivity index (χ2v) is 6.92. The number of anilines is 1. The molecule has 1 aromatic carbocycles. The minimum absolute atomic E-state index is 0.117. The zero-order valence-corrected chi connectivity index (χ0v) is 12.4. The minimum Gasteiger partial charge on any atom is -0.392 e. The Hall–Kier alpha value is -1.02. The SMILES string of the molecule is CC(C)(C)C1CCC(Nc2cccc(CO)c2)CC1. The molecule has 0 unspecified atom stereocenters. The lowest BCUT2D eigenvalue weighted by atomic mass is 9.71. The van der Waals surface area contributed by atoms with E-state index in [1.807, 2.05) is 12.1 Å². The zero-order chi connectivity index (χ0) is 13.9. The van der Waals surface area contributed by atoms with Crippen molar-refractivity contribution >= 4 is 5.69 Å². The van der Waals surface area contributed by atoms with Gasteiger partial charge in [-0.2, -0.15) is 0 Å². The number of hydrogen-bond acceptors (Lipinski definition) is 2. The molecule has 2 nitrogen and oxygen atoms in total. The van der Waals surface area contributed by atoms with Gasteiger partial charge in [-0.15, -0.1) is 0 Å². The summed E-state index contributed by atoms with van der Waals surface area (Å²) in [6.45, 7) is 7.19. The lowest BCUT2D eigenvalue weighted by Crippen LogP contribution is -2.31. The van der Waals surface area contributed by atoms with Gasteiger partial charge in [0, 0.05) is 11.7 Å². The van der Waals surface area contributed by atoms with Crippen molar-refractivity contribution in [1.82, 2.24) is 0 Å². The molecule has 106 valence electrons. The molecular formula is C17H27NO. The van der Waals surface area contributed by atoms with E-state index >= 15 is 0 Å². The highest BCUT2D eigenvalue weighted by Crippen LogP contribution is 2.38. The van der Waals surface area contributed by atoms with E-state index in [1.54, 1.807) is 0 Å². The quantitative estimate of drug-likeness (QED) is 0.855. The third-order valence-electron chi connectivity index (χ3n) is 4.43. The van der Waals surface area contributed by atoms with Gasteiger partial charge in [0.05, 0.1) is 6.61 Å². The van der Waals surface area contributed by atoms with Crippen LogP contribution in [0.4, 0.5) is 5.69 Å². The van der Waals surface area contributed by atoms with E-state index in [2.05, 4.69) is 38.2 Å². The normalized spacial score (nSPS) is 24.2. The van der Waals surface area contributed by atoms with Crippen molar-refractivity contribution in [3.63, 3.8) is 0 Å². The largest absolute Gasteiger partial charge is 0.392 e. The van der Waals surface area contributed by atoms with Crippen LogP contribution in [0.15, 0.2) is 24.3 Å². The minimum atomic E-state index is 0.117. The van der Waals surface area contributed by atoms with Crippen LogP contribution in [0.25, 0.3) is 0 Å². The Morgan fingerprint density at radius 1 is 1.16 bits per heavy atom. The molecular weight excluding hydrogens is 234 g/mol. The molecule has 2 N–H and O–H groups in total. The third kappa shape index (κ3) is 3.97. The Kier molecular flexibility index (Phi) is 4.51. The van der Waals surface area contributed by atoms with Crippen LogP contribution in [0.1, 0.15) is 52.0 Å². The van der Waals surface area contributed by atoms with Crippen molar-refractivity contribution in [3.8, 4) is 0 Å². The van der Waals surface area contributed by atoms with Crippen molar-refractivity contribution in [2.24, 2.45) is 11.3 Å². The Morgan fingerprint density at radius 3 is 2.42 bits per heavy atom. The fourth-order valence-electron chi connectivity index (χ4n) is 3.10. The summed E-state index contributed by atoms with van der Waals surface area (Å²) in [7, 11) is 0. The summed E-state index contributed by atoms with van der Waals surface area (Å²) in [4.78, 5) is 0. The fourth-order valence-corrected chi connectivity index (χ4v) is 3.10. The van der Waals surface area contributed by atoms with Gasteiger partial charge in [-0.1, -0.05) is 32.9 Å². The van der Waals surface area contributed by atoms with Crippen LogP contribution in [0.3, 0.4) is 0 Å². The highest BCUT2D eigenvalue weighted by Gasteiger charge is 2.29. The van der Waals surface area contributed by atoms with Crippen molar-refractivity contribution < 1.29 is 5.11 Å².